The predicted octanol–water partition coefficient (Wildman–Crippen LogP) is 6.19. The Morgan fingerprint density at radius 1 is 1.06 bits per heavy atom. The molecule has 0 aliphatic rings. The number of rotatable bonds is 9. The van der Waals surface area contributed by atoms with Crippen molar-refractivity contribution in [1.82, 2.24) is 9.72 Å². The highest BCUT2D eigenvalue weighted by atomic mass is 16.5. The Bertz CT molecular complexity index is 1500. The molecule has 0 atom stereocenters. The molecule has 0 bridgehead atoms. The van der Waals surface area contributed by atoms with Crippen LogP contribution in [0.25, 0.3) is 33.1 Å². The van der Waals surface area contributed by atoms with E-state index in [4.69, 9.17) is 14.4 Å². The number of benzene rings is 3. The van der Waals surface area contributed by atoms with Crippen LogP contribution in [-0.4, -0.2) is 27.4 Å². The van der Waals surface area contributed by atoms with Gasteiger partial charge in [-0.15, -0.1) is 0 Å². The summed E-state index contributed by atoms with van der Waals surface area (Å²) in [5.41, 5.74) is 6.74. The van der Waals surface area contributed by atoms with Crippen molar-refractivity contribution in [3.63, 3.8) is 0 Å². The van der Waals surface area contributed by atoms with Gasteiger partial charge in [0, 0.05) is 41.2 Å². The molecule has 6 nitrogen and oxygen atoms in total. The van der Waals surface area contributed by atoms with Crippen LogP contribution in [0.2, 0.25) is 0 Å². The van der Waals surface area contributed by atoms with E-state index < -0.39 is 5.97 Å². The first-order valence-electron chi connectivity index (χ1n) is 11.9. The van der Waals surface area contributed by atoms with E-state index in [9.17, 15) is 4.79 Å². The molecule has 1 N–H and O–H groups in total. The van der Waals surface area contributed by atoms with Gasteiger partial charge in [0.25, 0.3) is 0 Å². The van der Waals surface area contributed by atoms with Crippen molar-refractivity contribution in [3.05, 3.63) is 83.6 Å². The lowest BCUT2D eigenvalue weighted by Gasteiger charge is -2.12. The molecule has 0 aliphatic heterocycles. The molecule has 0 fully saturated rings. The first-order valence-corrected chi connectivity index (χ1v) is 11.9. The fourth-order valence-corrected chi connectivity index (χ4v) is 4.71. The van der Waals surface area contributed by atoms with Gasteiger partial charge < -0.3 is 18.9 Å². The molecule has 0 saturated carbocycles. The summed E-state index contributed by atoms with van der Waals surface area (Å²) in [7, 11) is 2.03. The molecule has 178 valence electrons. The monoisotopic (exact) mass is 468 g/mol. The molecular formula is C29H28N2O4. The average molecular weight is 469 g/mol. The number of hydrogen-bond acceptors (Lipinski definition) is 4. The van der Waals surface area contributed by atoms with Crippen molar-refractivity contribution in [2.45, 2.75) is 32.6 Å². The number of carboxylic acids is 1. The summed E-state index contributed by atoms with van der Waals surface area (Å²) in [5, 5.41) is 15.5. The van der Waals surface area contributed by atoms with Gasteiger partial charge in [-0.1, -0.05) is 54.9 Å². The normalized spacial score (nSPS) is 11.4. The second kappa shape index (κ2) is 9.66. The molecular weight excluding hydrogens is 440 g/mol. The van der Waals surface area contributed by atoms with Crippen LogP contribution in [0.4, 0.5) is 0 Å². The van der Waals surface area contributed by atoms with E-state index in [-0.39, 0.29) is 6.42 Å². The summed E-state index contributed by atoms with van der Waals surface area (Å²) >= 11 is 0. The molecule has 2 heterocycles. The van der Waals surface area contributed by atoms with Crippen LogP contribution in [0.15, 0.2) is 71.3 Å². The van der Waals surface area contributed by atoms with Gasteiger partial charge in [0.2, 0.25) is 0 Å². The van der Waals surface area contributed by atoms with Crippen molar-refractivity contribution in [1.29, 1.82) is 0 Å². The Labute approximate surface area is 203 Å². The zero-order valence-corrected chi connectivity index (χ0v) is 20.0. The van der Waals surface area contributed by atoms with Crippen LogP contribution in [-0.2, 0) is 31.1 Å². The third kappa shape index (κ3) is 4.52. The smallest absolute Gasteiger partial charge is 0.307 e. The average Bonchev–Trinajstić information content (AvgIpc) is 3.42. The van der Waals surface area contributed by atoms with E-state index in [1.807, 2.05) is 67.7 Å². The zero-order chi connectivity index (χ0) is 24.4. The Balaban J connectivity index is 1.37. The van der Waals surface area contributed by atoms with Crippen molar-refractivity contribution >= 4 is 27.8 Å². The molecule has 5 rings (SSSR count). The van der Waals surface area contributed by atoms with Crippen LogP contribution in [0, 0.1) is 0 Å². The van der Waals surface area contributed by atoms with Crippen molar-refractivity contribution in [2.24, 2.45) is 7.05 Å². The first-order chi connectivity index (χ1) is 17.0. The number of hydrogen-bond donors (Lipinski definition) is 1. The second-order valence-corrected chi connectivity index (χ2v) is 8.82. The Morgan fingerprint density at radius 3 is 2.66 bits per heavy atom. The minimum absolute atomic E-state index is 0.0274. The van der Waals surface area contributed by atoms with Crippen LogP contribution >= 0.6 is 0 Å². The number of fused-ring (bicyclic) bond motifs is 2. The number of ether oxygens (including phenoxy) is 1. The van der Waals surface area contributed by atoms with Gasteiger partial charge in [0.15, 0.2) is 5.58 Å². The lowest BCUT2D eigenvalue weighted by Crippen LogP contribution is -2.06. The highest BCUT2D eigenvalue weighted by molar-refractivity contribution is 5.94. The maximum absolute atomic E-state index is 11.0. The maximum Gasteiger partial charge on any atom is 0.307 e. The van der Waals surface area contributed by atoms with Crippen molar-refractivity contribution in [3.8, 4) is 17.0 Å². The Kier molecular flexibility index (Phi) is 6.27. The number of aromatic nitrogens is 2. The largest absolute Gasteiger partial charge is 0.493 e. The van der Waals surface area contributed by atoms with E-state index in [1.165, 1.54) is 0 Å². The first kappa shape index (κ1) is 22.7. The SMILES string of the molecule is CCCc1c(OCCc2cc3cc(CC(=O)O)ccc3n2C)ccc2c(-c3ccccc3)noc12. The lowest BCUT2D eigenvalue weighted by atomic mass is 10.0. The molecule has 0 amide bonds. The van der Waals surface area contributed by atoms with Crippen LogP contribution in [0.3, 0.4) is 0 Å². The van der Waals surface area contributed by atoms with Gasteiger partial charge in [-0.25, -0.2) is 0 Å². The number of carbonyl (C=O) groups is 1. The van der Waals surface area contributed by atoms with Gasteiger partial charge in [0.1, 0.15) is 11.4 Å². The van der Waals surface area contributed by atoms with E-state index in [2.05, 4.69) is 22.7 Å². The molecule has 3 aromatic carbocycles. The molecule has 6 heteroatoms. The highest BCUT2D eigenvalue weighted by Gasteiger charge is 2.17. The van der Waals surface area contributed by atoms with Crippen molar-refractivity contribution in [2.75, 3.05) is 6.61 Å². The van der Waals surface area contributed by atoms with Gasteiger partial charge in [-0.3, -0.25) is 4.79 Å². The van der Waals surface area contributed by atoms with E-state index >= 15 is 0 Å². The molecule has 0 spiro atoms. The number of aryl methyl sites for hydroxylation is 2. The lowest BCUT2D eigenvalue weighted by molar-refractivity contribution is -0.136. The molecule has 0 unspecified atom stereocenters. The van der Waals surface area contributed by atoms with Gasteiger partial charge in [-0.2, -0.15) is 0 Å². The van der Waals surface area contributed by atoms with Gasteiger partial charge >= 0.3 is 5.97 Å². The molecule has 35 heavy (non-hydrogen) atoms. The summed E-state index contributed by atoms with van der Waals surface area (Å²) in [6, 6.07) is 22.1. The second-order valence-electron chi connectivity index (χ2n) is 8.82. The van der Waals surface area contributed by atoms with Crippen LogP contribution in [0.5, 0.6) is 5.75 Å². The fraction of sp³-hybridized carbons (Fsp3) is 0.241. The standard InChI is InChI=1S/C29H28N2O4/c1-3-7-23-26(13-11-24-28(30-35-29(23)24)20-8-5-4-6-9-20)34-15-14-22-18-21-16-19(17-27(32)33)10-12-25(21)31(22)2/h4-6,8-13,16,18H,3,7,14-15,17H2,1-2H3,(H,32,33). The molecule has 0 radical (unpaired) electrons. The highest BCUT2D eigenvalue weighted by Crippen LogP contribution is 2.35. The predicted molar refractivity (Wildman–Crippen MR) is 137 cm³/mol. The maximum atomic E-state index is 11.0. The third-order valence-corrected chi connectivity index (χ3v) is 6.43. The van der Waals surface area contributed by atoms with Gasteiger partial charge in [0.05, 0.1) is 18.4 Å². The Hall–Kier alpha value is -4.06. The summed E-state index contributed by atoms with van der Waals surface area (Å²) in [5.74, 6) is 0.00836. The minimum atomic E-state index is -0.823. The molecule has 2 aromatic heterocycles. The van der Waals surface area contributed by atoms with Gasteiger partial charge in [-0.05, 0) is 42.3 Å². The third-order valence-electron chi connectivity index (χ3n) is 6.43. The summed E-state index contributed by atoms with van der Waals surface area (Å²) in [6.45, 7) is 2.67. The molecule has 0 saturated heterocycles. The molecule has 5 aromatic rings. The minimum Gasteiger partial charge on any atom is -0.493 e. The van der Waals surface area contributed by atoms with E-state index in [0.717, 1.165) is 75.0 Å². The Morgan fingerprint density at radius 2 is 1.89 bits per heavy atom. The summed E-state index contributed by atoms with van der Waals surface area (Å²) in [6.07, 6.45) is 2.57. The fourth-order valence-electron chi connectivity index (χ4n) is 4.71. The van der Waals surface area contributed by atoms with Crippen LogP contribution < -0.4 is 4.74 Å². The zero-order valence-electron chi connectivity index (χ0n) is 20.0. The van der Waals surface area contributed by atoms with E-state index in [0.29, 0.717) is 6.61 Å². The quantitative estimate of drug-likeness (QED) is 0.279. The number of aliphatic carboxylic acids is 1. The number of nitrogens with zero attached hydrogens (tertiary/aromatic N) is 2. The summed E-state index contributed by atoms with van der Waals surface area (Å²) in [4.78, 5) is 11.0. The number of carboxylic acid groups (broad SMARTS) is 1. The summed E-state index contributed by atoms with van der Waals surface area (Å²) < 4.78 is 14.2. The van der Waals surface area contributed by atoms with E-state index in [1.54, 1.807) is 0 Å². The topological polar surface area (TPSA) is 77.5 Å². The van der Waals surface area contributed by atoms with Crippen molar-refractivity contribution < 1.29 is 19.2 Å². The van der Waals surface area contributed by atoms with Crippen LogP contribution in [0.1, 0.15) is 30.2 Å². The molecule has 0 aliphatic carbocycles.